The maximum Gasteiger partial charge on any atom is 0.514 e. The van der Waals surface area contributed by atoms with Crippen LogP contribution >= 0.6 is 0 Å². The zero-order chi connectivity index (χ0) is 38.0. The highest BCUT2D eigenvalue weighted by Crippen LogP contribution is 2.31. The number of sulfonamides is 1. The zero-order valence-electron chi connectivity index (χ0n) is 29.3. The number of carbonyl (C=O) groups is 4. The van der Waals surface area contributed by atoms with Gasteiger partial charge in [0, 0.05) is 13.1 Å². The van der Waals surface area contributed by atoms with Crippen molar-refractivity contribution in [2.75, 3.05) is 36.0 Å². The standard InChI is InChI=1S/C35H43N3O12S/c1-34(2,3)49-32(42)47-28-13-9-7-11-26(28)37(21-30(39)40)19-20-38(27-12-8-10-14-29(27)48-33(43)50-35(4,5)6)22-31(41)46-23-24-15-17-25(18-16-24)51(36,44)45/h7-18H,19-23H2,1-6H3,(H,39,40)(H2,36,44,45). The van der Waals surface area contributed by atoms with Gasteiger partial charge in [-0.15, -0.1) is 0 Å². The van der Waals surface area contributed by atoms with Gasteiger partial charge in [-0.2, -0.15) is 0 Å². The summed E-state index contributed by atoms with van der Waals surface area (Å²) in [6.07, 6.45) is -1.97. The lowest BCUT2D eigenvalue weighted by molar-refractivity contribution is -0.143. The maximum atomic E-state index is 13.2. The molecule has 3 N–H and O–H groups in total. The van der Waals surface area contributed by atoms with E-state index in [9.17, 15) is 32.7 Å². The van der Waals surface area contributed by atoms with E-state index in [0.29, 0.717) is 5.56 Å². The number of nitrogens with two attached hydrogens (primary N) is 1. The first kappa shape index (κ1) is 40.1. The van der Waals surface area contributed by atoms with Crippen LogP contribution in [-0.2, 0) is 40.4 Å². The highest BCUT2D eigenvalue weighted by atomic mass is 32.2. The molecule has 51 heavy (non-hydrogen) atoms. The normalized spacial score (nSPS) is 11.6. The predicted octanol–water partition coefficient (Wildman–Crippen LogP) is 5.10. The molecule has 0 fully saturated rings. The quantitative estimate of drug-likeness (QED) is 0.126. The van der Waals surface area contributed by atoms with Gasteiger partial charge in [-0.1, -0.05) is 36.4 Å². The van der Waals surface area contributed by atoms with Gasteiger partial charge >= 0.3 is 24.2 Å². The highest BCUT2D eigenvalue weighted by molar-refractivity contribution is 7.89. The van der Waals surface area contributed by atoms with Crippen LogP contribution in [0.1, 0.15) is 47.1 Å². The monoisotopic (exact) mass is 729 g/mol. The average molecular weight is 730 g/mol. The summed E-state index contributed by atoms with van der Waals surface area (Å²) in [5, 5.41) is 15.0. The molecule has 0 aliphatic carbocycles. The van der Waals surface area contributed by atoms with Gasteiger partial charge in [0.25, 0.3) is 0 Å². The summed E-state index contributed by atoms with van der Waals surface area (Å²) in [6.45, 7) is 8.86. The van der Waals surface area contributed by atoms with Crippen LogP contribution in [0, 0.1) is 0 Å². The van der Waals surface area contributed by atoms with Crippen LogP contribution in [0.5, 0.6) is 11.5 Å². The number of nitrogens with zero attached hydrogens (tertiary/aromatic N) is 2. The van der Waals surface area contributed by atoms with Crippen molar-refractivity contribution in [3.05, 3.63) is 78.4 Å². The van der Waals surface area contributed by atoms with Gasteiger partial charge < -0.3 is 38.6 Å². The fraction of sp³-hybridized carbons (Fsp3) is 0.371. The van der Waals surface area contributed by atoms with Gasteiger partial charge in [0.05, 0.1) is 16.3 Å². The maximum absolute atomic E-state index is 13.2. The summed E-state index contributed by atoms with van der Waals surface area (Å²) in [6, 6.07) is 18.2. The van der Waals surface area contributed by atoms with Crippen LogP contribution in [-0.4, -0.2) is 75.2 Å². The number of carbonyl (C=O) groups excluding carboxylic acids is 3. The summed E-state index contributed by atoms with van der Waals surface area (Å²) < 4.78 is 50.2. The Balaban J connectivity index is 1.91. The van der Waals surface area contributed by atoms with Crippen molar-refractivity contribution in [1.82, 2.24) is 0 Å². The van der Waals surface area contributed by atoms with Crippen LogP contribution in [0.3, 0.4) is 0 Å². The number of anilines is 2. The number of hydrogen-bond donors (Lipinski definition) is 2. The lowest BCUT2D eigenvalue weighted by atomic mass is 10.2. The van der Waals surface area contributed by atoms with E-state index in [-0.39, 0.29) is 54.0 Å². The minimum Gasteiger partial charge on any atom is -0.480 e. The Labute approximate surface area is 296 Å². The number of carboxylic acid groups (broad SMARTS) is 1. The van der Waals surface area contributed by atoms with Crippen molar-refractivity contribution < 1.29 is 56.4 Å². The van der Waals surface area contributed by atoms with Gasteiger partial charge in [-0.25, -0.2) is 23.1 Å². The van der Waals surface area contributed by atoms with E-state index in [0.717, 1.165) is 0 Å². The molecule has 3 aromatic rings. The van der Waals surface area contributed by atoms with Crippen LogP contribution in [0.15, 0.2) is 77.7 Å². The Kier molecular flexibility index (Phi) is 13.4. The van der Waals surface area contributed by atoms with E-state index in [1.807, 2.05) is 0 Å². The Morgan fingerprint density at radius 2 is 1.12 bits per heavy atom. The Morgan fingerprint density at radius 1 is 0.686 bits per heavy atom. The summed E-state index contributed by atoms with van der Waals surface area (Å²) in [4.78, 5) is 53.2. The van der Waals surface area contributed by atoms with Crippen molar-refractivity contribution in [2.45, 2.75) is 64.2 Å². The largest absolute Gasteiger partial charge is 0.514 e. The second-order valence-electron chi connectivity index (χ2n) is 13.2. The lowest BCUT2D eigenvalue weighted by Crippen LogP contribution is -2.41. The minimum absolute atomic E-state index is 0.0269. The SMILES string of the molecule is CC(C)(C)OC(=O)Oc1ccccc1N(CCN(CC(=O)OCc1ccc(S(N)(=O)=O)cc1)c1ccccc1OC(=O)OC(C)(C)C)CC(=O)O. The highest BCUT2D eigenvalue weighted by Gasteiger charge is 2.25. The van der Waals surface area contributed by atoms with Crippen molar-refractivity contribution >= 4 is 45.6 Å². The first-order valence-electron chi connectivity index (χ1n) is 15.7. The van der Waals surface area contributed by atoms with E-state index in [4.69, 9.17) is 28.8 Å². The number of esters is 1. The lowest BCUT2D eigenvalue weighted by Gasteiger charge is -2.30. The van der Waals surface area contributed by atoms with Gasteiger partial charge in [0.1, 0.15) is 30.9 Å². The van der Waals surface area contributed by atoms with Crippen molar-refractivity contribution in [3.8, 4) is 11.5 Å². The van der Waals surface area contributed by atoms with E-state index in [1.165, 1.54) is 46.2 Å². The molecular formula is C35H43N3O12S. The molecule has 0 aromatic heterocycles. The van der Waals surface area contributed by atoms with Gasteiger partial charge in [0.15, 0.2) is 11.5 Å². The zero-order valence-corrected chi connectivity index (χ0v) is 30.1. The molecule has 0 bridgehead atoms. The molecule has 0 unspecified atom stereocenters. The summed E-state index contributed by atoms with van der Waals surface area (Å²) in [5.41, 5.74) is -0.662. The fourth-order valence-corrected chi connectivity index (χ4v) is 4.96. The third kappa shape index (κ3) is 13.8. The molecule has 16 heteroatoms. The molecule has 3 rings (SSSR count). The average Bonchev–Trinajstić information content (AvgIpc) is 3.00. The van der Waals surface area contributed by atoms with E-state index in [2.05, 4.69) is 0 Å². The topological polar surface area (TPSA) is 201 Å². The van der Waals surface area contributed by atoms with Crippen LogP contribution in [0.4, 0.5) is 21.0 Å². The molecule has 0 heterocycles. The molecule has 15 nitrogen and oxygen atoms in total. The van der Waals surface area contributed by atoms with Crippen molar-refractivity contribution in [2.24, 2.45) is 5.14 Å². The molecule has 0 saturated carbocycles. The molecular weight excluding hydrogens is 686 g/mol. The van der Waals surface area contributed by atoms with E-state index >= 15 is 0 Å². The number of ether oxygens (including phenoxy) is 5. The molecule has 0 aliphatic heterocycles. The Hall–Kier alpha value is -5.35. The summed E-state index contributed by atoms with van der Waals surface area (Å²) in [7, 11) is -3.91. The Bertz CT molecular complexity index is 1800. The smallest absolute Gasteiger partial charge is 0.480 e. The minimum atomic E-state index is -3.91. The van der Waals surface area contributed by atoms with E-state index in [1.54, 1.807) is 77.9 Å². The van der Waals surface area contributed by atoms with Crippen molar-refractivity contribution in [1.29, 1.82) is 0 Å². The number of para-hydroxylation sites is 4. The first-order chi connectivity index (χ1) is 23.7. The molecule has 0 radical (unpaired) electrons. The fourth-order valence-electron chi connectivity index (χ4n) is 4.45. The molecule has 0 aliphatic rings. The van der Waals surface area contributed by atoms with Crippen molar-refractivity contribution in [3.63, 3.8) is 0 Å². The summed E-state index contributed by atoms with van der Waals surface area (Å²) >= 11 is 0. The number of hydrogen-bond acceptors (Lipinski definition) is 13. The molecule has 3 aromatic carbocycles. The van der Waals surface area contributed by atoms with Crippen LogP contribution < -0.4 is 24.4 Å². The predicted molar refractivity (Wildman–Crippen MR) is 186 cm³/mol. The third-order valence-corrected chi connectivity index (χ3v) is 7.44. The molecule has 0 amide bonds. The number of rotatable bonds is 14. The summed E-state index contributed by atoms with van der Waals surface area (Å²) in [5.74, 6) is -1.80. The van der Waals surface area contributed by atoms with Gasteiger partial charge in [-0.3, -0.25) is 9.59 Å². The van der Waals surface area contributed by atoms with Crippen LogP contribution in [0.25, 0.3) is 0 Å². The molecule has 0 saturated heterocycles. The number of carboxylic acids is 1. The molecule has 276 valence electrons. The molecule has 0 atom stereocenters. The second-order valence-corrected chi connectivity index (χ2v) is 14.7. The number of benzene rings is 3. The van der Waals surface area contributed by atoms with Crippen LogP contribution in [0.2, 0.25) is 0 Å². The van der Waals surface area contributed by atoms with Gasteiger partial charge in [-0.05, 0) is 83.5 Å². The second kappa shape index (κ2) is 17.0. The third-order valence-electron chi connectivity index (χ3n) is 6.52. The Morgan fingerprint density at radius 3 is 1.53 bits per heavy atom. The number of primary sulfonamides is 1. The van der Waals surface area contributed by atoms with E-state index < -0.39 is 52.0 Å². The van der Waals surface area contributed by atoms with Gasteiger partial charge in [0.2, 0.25) is 10.0 Å². The molecule has 0 spiro atoms. The first-order valence-corrected chi connectivity index (χ1v) is 17.2. The number of aliphatic carboxylic acids is 1.